The Morgan fingerprint density at radius 1 is 1.25 bits per heavy atom. The second-order valence-corrected chi connectivity index (χ2v) is 10.3. The van der Waals surface area contributed by atoms with E-state index in [1.807, 2.05) is 26.0 Å². The number of alkyl halides is 2. The van der Waals surface area contributed by atoms with Gasteiger partial charge >= 0.3 is 0 Å². The molecule has 0 radical (unpaired) electrons. The molecule has 0 bridgehead atoms. The molecule has 0 saturated carbocycles. The average Bonchev–Trinajstić information content (AvgIpc) is 3.42. The minimum Gasteiger partial charge on any atom is -0.381 e. The molecule has 3 heterocycles. The number of fused-ring (bicyclic) bond motifs is 2. The zero-order valence-corrected chi connectivity index (χ0v) is 21.0. The third kappa shape index (κ3) is 3.72. The lowest BCUT2D eigenvalue weighted by atomic mass is 9.85. The minimum atomic E-state index is -3.33. The van der Waals surface area contributed by atoms with Crippen LogP contribution in [0.4, 0.5) is 24.7 Å². The van der Waals surface area contributed by atoms with Gasteiger partial charge in [0.1, 0.15) is 17.5 Å². The molecule has 1 N–H and O–H groups in total. The van der Waals surface area contributed by atoms with E-state index in [0.29, 0.717) is 22.5 Å². The Balaban J connectivity index is 1.54. The fraction of sp³-hybridized carbons (Fsp3) is 0.444. The van der Waals surface area contributed by atoms with Gasteiger partial charge in [-0.05, 0) is 51.8 Å². The van der Waals surface area contributed by atoms with Gasteiger partial charge in [0.15, 0.2) is 0 Å². The molecule has 0 spiro atoms. The van der Waals surface area contributed by atoms with E-state index in [4.69, 9.17) is 4.74 Å². The Kier molecular flexibility index (Phi) is 5.74. The monoisotopic (exact) mass is 498 g/mol. The number of rotatable bonds is 5. The summed E-state index contributed by atoms with van der Waals surface area (Å²) in [5.74, 6) is -4.40. The number of carbonyl (C=O) groups excluding carboxylic acids is 1. The van der Waals surface area contributed by atoms with E-state index in [1.54, 1.807) is 25.8 Å². The molecule has 1 saturated heterocycles. The first kappa shape index (κ1) is 24.5. The van der Waals surface area contributed by atoms with Crippen molar-refractivity contribution in [3.05, 3.63) is 58.7 Å². The molecular formula is C27H29F3N4O2. The van der Waals surface area contributed by atoms with Crippen LogP contribution in [0, 0.1) is 18.7 Å². The third-order valence-corrected chi connectivity index (χ3v) is 7.45. The molecule has 6 nitrogen and oxygen atoms in total. The van der Waals surface area contributed by atoms with Crippen LogP contribution in [-0.2, 0) is 20.9 Å². The topological polar surface area (TPSA) is 67.4 Å². The Bertz CT molecular complexity index is 1370. The van der Waals surface area contributed by atoms with E-state index in [1.165, 1.54) is 12.1 Å². The van der Waals surface area contributed by atoms with E-state index in [0.717, 1.165) is 17.3 Å². The standard InChI is InChI=1S/C27H29F3N4O2/c1-14(17-7-6-8-19(23(17)28)27(29,30)16-9-10-36-13-16)31-24-18-11-20-22(12-21(18)32-15(2)33-24)34(5)25(35)26(20,3)4/h6-8,11-12,14,16H,9-10,13H2,1-5H3,(H,31,32,33)/t14-,16+/m1/s1. The number of aryl methyl sites for hydroxylation is 1. The summed E-state index contributed by atoms with van der Waals surface area (Å²) in [5, 5.41) is 3.89. The van der Waals surface area contributed by atoms with Crippen LogP contribution < -0.4 is 10.2 Å². The molecule has 2 aliphatic heterocycles. The lowest BCUT2D eigenvalue weighted by molar-refractivity contribution is -0.121. The second-order valence-electron chi connectivity index (χ2n) is 10.3. The van der Waals surface area contributed by atoms with Crippen LogP contribution >= 0.6 is 0 Å². The number of nitrogens with one attached hydrogen (secondary N) is 1. The van der Waals surface area contributed by atoms with Gasteiger partial charge < -0.3 is 15.0 Å². The lowest BCUT2D eigenvalue weighted by Crippen LogP contribution is -2.33. The van der Waals surface area contributed by atoms with Crippen molar-refractivity contribution in [1.29, 1.82) is 0 Å². The van der Waals surface area contributed by atoms with Crippen molar-refractivity contribution in [1.82, 2.24) is 9.97 Å². The molecule has 2 atom stereocenters. The molecule has 36 heavy (non-hydrogen) atoms. The predicted octanol–water partition coefficient (Wildman–Crippen LogP) is 5.63. The van der Waals surface area contributed by atoms with Crippen molar-refractivity contribution in [3.63, 3.8) is 0 Å². The highest BCUT2D eigenvalue weighted by Gasteiger charge is 2.46. The summed E-state index contributed by atoms with van der Waals surface area (Å²) in [7, 11) is 1.74. The van der Waals surface area contributed by atoms with Gasteiger partial charge in [0, 0.05) is 30.3 Å². The lowest BCUT2D eigenvalue weighted by Gasteiger charge is -2.25. The van der Waals surface area contributed by atoms with E-state index >= 15 is 13.2 Å². The average molecular weight is 499 g/mol. The Labute approximate surface area is 207 Å². The Morgan fingerprint density at radius 3 is 2.69 bits per heavy atom. The summed E-state index contributed by atoms with van der Waals surface area (Å²) < 4.78 is 50.9. The van der Waals surface area contributed by atoms with Gasteiger partial charge in [0.25, 0.3) is 5.92 Å². The Hall–Kier alpha value is -3.20. The van der Waals surface area contributed by atoms with Crippen molar-refractivity contribution in [2.75, 3.05) is 30.5 Å². The molecule has 9 heteroatoms. The summed E-state index contributed by atoms with van der Waals surface area (Å²) in [4.78, 5) is 23.5. The highest BCUT2D eigenvalue weighted by Crippen LogP contribution is 2.45. The number of benzene rings is 2. The smallest absolute Gasteiger partial charge is 0.281 e. The van der Waals surface area contributed by atoms with Crippen LogP contribution in [-0.4, -0.2) is 36.1 Å². The number of hydrogen-bond donors (Lipinski definition) is 1. The van der Waals surface area contributed by atoms with Gasteiger partial charge in [-0.2, -0.15) is 0 Å². The molecule has 2 aromatic carbocycles. The fourth-order valence-electron chi connectivity index (χ4n) is 5.28. The van der Waals surface area contributed by atoms with Crippen molar-refractivity contribution >= 4 is 28.3 Å². The normalized spacial score (nSPS) is 20.2. The quantitative estimate of drug-likeness (QED) is 0.494. The maximum Gasteiger partial charge on any atom is 0.281 e. The first-order chi connectivity index (χ1) is 16.9. The SMILES string of the molecule is Cc1nc(N[C@H](C)c2cccc(C(F)(F)[C@H]3CCOC3)c2F)c2cc3c(cc2n1)N(C)C(=O)C3(C)C. The molecular weight excluding hydrogens is 469 g/mol. The summed E-state index contributed by atoms with van der Waals surface area (Å²) in [6.07, 6.45) is 0.190. The molecule has 1 aromatic heterocycles. The van der Waals surface area contributed by atoms with E-state index < -0.39 is 34.7 Å². The van der Waals surface area contributed by atoms with Gasteiger partial charge in [-0.3, -0.25) is 4.79 Å². The first-order valence-electron chi connectivity index (χ1n) is 12.0. The number of nitrogens with zero attached hydrogens (tertiary/aromatic N) is 3. The van der Waals surface area contributed by atoms with Crippen LogP contribution in [0.3, 0.4) is 0 Å². The van der Waals surface area contributed by atoms with Crippen LogP contribution in [0.25, 0.3) is 10.9 Å². The highest BCUT2D eigenvalue weighted by molar-refractivity contribution is 6.10. The number of amides is 1. The largest absolute Gasteiger partial charge is 0.381 e. The van der Waals surface area contributed by atoms with Crippen LogP contribution in [0.2, 0.25) is 0 Å². The molecule has 2 aliphatic rings. The molecule has 3 aromatic rings. The molecule has 5 rings (SSSR count). The van der Waals surface area contributed by atoms with E-state index in [9.17, 15) is 4.79 Å². The summed E-state index contributed by atoms with van der Waals surface area (Å²) in [5.41, 5.74) is 1.04. The molecule has 0 unspecified atom stereocenters. The summed E-state index contributed by atoms with van der Waals surface area (Å²) in [6.45, 7) is 7.34. The number of ether oxygens (including phenoxy) is 1. The molecule has 1 fully saturated rings. The van der Waals surface area contributed by atoms with Crippen molar-refractivity contribution in [2.24, 2.45) is 5.92 Å². The first-order valence-corrected chi connectivity index (χ1v) is 12.0. The van der Waals surface area contributed by atoms with Crippen LogP contribution in [0.15, 0.2) is 30.3 Å². The molecule has 0 aliphatic carbocycles. The van der Waals surface area contributed by atoms with E-state index in [-0.39, 0.29) is 31.1 Å². The summed E-state index contributed by atoms with van der Waals surface area (Å²) >= 11 is 0. The number of aromatic nitrogens is 2. The molecule has 1 amide bonds. The number of halogens is 3. The fourth-order valence-corrected chi connectivity index (χ4v) is 5.28. The van der Waals surface area contributed by atoms with E-state index in [2.05, 4.69) is 15.3 Å². The molecule has 190 valence electrons. The highest BCUT2D eigenvalue weighted by atomic mass is 19.3. The van der Waals surface area contributed by atoms with Gasteiger partial charge in [0.2, 0.25) is 5.91 Å². The van der Waals surface area contributed by atoms with Gasteiger partial charge in [0.05, 0.1) is 35.1 Å². The van der Waals surface area contributed by atoms with Crippen LogP contribution in [0.5, 0.6) is 0 Å². The third-order valence-electron chi connectivity index (χ3n) is 7.45. The van der Waals surface area contributed by atoms with Crippen molar-refractivity contribution in [3.8, 4) is 0 Å². The second kappa shape index (κ2) is 8.44. The van der Waals surface area contributed by atoms with Crippen molar-refractivity contribution in [2.45, 2.75) is 51.5 Å². The maximum atomic E-state index is 15.5. The predicted molar refractivity (Wildman–Crippen MR) is 132 cm³/mol. The zero-order chi connectivity index (χ0) is 26.0. The Morgan fingerprint density at radius 2 is 2.00 bits per heavy atom. The minimum absolute atomic E-state index is 0.0205. The van der Waals surface area contributed by atoms with Gasteiger partial charge in [-0.1, -0.05) is 18.2 Å². The number of anilines is 2. The van der Waals surface area contributed by atoms with Crippen molar-refractivity contribution < 1.29 is 22.7 Å². The van der Waals surface area contributed by atoms with Gasteiger partial charge in [-0.25, -0.2) is 23.1 Å². The number of hydrogen-bond acceptors (Lipinski definition) is 5. The number of carbonyl (C=O) groups is 1. The summed E-state index contributed by atoms with van der Waals surface area (Å²) in [6, 6.07) is 7.18. The van der Waals surface area contributed by atoms with Crippen LogP contribution in [0.1, 0.15) is 55.7 Å². The number of likely N-dealkylation sites (N-methyl/N-ethyl adjacent to an activating group) is 1. The van der Waals surface area contributed by atoms with Gasteiger partial charge in [-0.15, -0.1) is 0 Å². The maximum absolute atomic E-state index is 15.5. The zero-order valence-electron chi connectivity index (χ0n) is 21.0.